The number of likely N-dealkylation sites (tertiary alicyclic amines) is 1. The zero-order chi connectivity index (χ0) is 29.0. The van der Waals surface area contributed by atoms with Crippen LogP contribution in [0.25, 0.3) is 22.0 Å². The molecule has 0 atom stereocenters. The zero-order valence-electron chi connectivity index (χ0n) is 21.7. The van der Waals surface area contributed by atoms with E-state index in [1.54, 1.807) is 42.6 Å². The maximum atomic E-state index is 13.1. The molecule has 1 aromatic heterocycles. The number of benzene rings is 3. The summed E-state index contributed by atoms with van der Waals surface area (Å²) in [4.78, 5) is 14.7. The van der Waals surface area contributed by atoms with Gasteiger partial charge in [-0.25, -0.2) is 17.9 Å². The summed E-state index contributed by atoms with van der Waals surface area (Å²) < 4.78 is 70.1. The third kappa shape index (κ3) is 7.34. The van der Waals surface area contributed by atoms with Gasteiger partial charge in [0.15, 0.2) is 0 Å². The first-order valence-corrected chi connectivity index (χ1v) is 14.3. The van der Waals surface area contributed by atoms with Gasteiger partial charge >= 0.3 is 12.4 Å². The summed E-state index contributed by atoms with van der Waals surface area (Å²) in [6, 6.07) is 14.0. The molecule has 0 spiro atoms. The van der Waals surface area contributed by atoms with Crippen molar-refractivity contribution < 1.29 is 31.1 Å². The topological polar surface area (TPSA) is 128 Å². The molecule has 0 unspecified atom stereocenters. The molecule has 216 valence electrons. The van der Waals surface area contributed by atoms with E-state index in [-0.39, 0.29) is 10.6 Å². The Labute approximate surface area is 233 Å². The van der Waals surface area contributed by atoms with Crippen molar-refractivity contribution in [2.45, 2.75) is 24.1 Å². The number of amides is 2. The molecule has 1 fully saturated rings. The molecule has 2 heterocycles. The molecule has 1 saturated heterocycles. The van der Waals surface area contributed by atoms with E-state index in [9.17, 15) is 26.4 Å². The molecule has 14 heteroatoms. The average molecular weight is 589 g/mol. The van der Waals surface area contributed by atoms with E-state index in [1.165, 1.54) is 12.1 Å². The number of fused-ring (bicyclic) bond motifs is 1. The summed E-state index contributed by atoms with van der Waals surface area (Å²) in [7, 11) is -3.78. The lowest BCUT2D eigenvalue weighted by Crippen LogP contribution is -2.33. The molecule has 0 saturated carbocycles. The highest BCUT2D eigenvalue weighted by molar-refractivity contribution is 7.89. The van der Waals surface area contributed by atoms with Crippen LogP contribution in [0, 0.1) is 0 Å². The molecule has 5 rings (SSSR count). The fourth-order valence-electron chi connectivity index (χ4n) is 4.64. The first-order chi connectivity index (χ1) is 19.6. The van der Waals surface area contributed by atoms with Crippen LogP contribution in [-0.4, -0.2) is 62.1 Å². The predicted octanol–water partition coefficient (Wildman–Crippen LogP) is 5.15. The number of nitrogens with zero attached hydrogens (tertiary/aromatic N) is 2. The van der Waals surface area contributed by atoms with Gasteiger partial charge in [0.25, 0.3) is 0 Å². The highest BCUT2D eigenvalue weighted by Gasteiger charge is 2.31. The average Bonchev–Trinajstić information content (AvgIpc) is 3.60. The second kappa shape index (κ2) is 11.8. The molecular weight excluding hydrogens is 561 g/mol. The molecule has 41 heavy (non-hydrogen) atoms. The van der Waals surface area contributed by atoms with Crippen molar-refractivity contribution >= 4 is 38.3 Å². The number of ether oxygens (including phenoxy) is 1. The highest BCUT2D eigenvalue weighted by atomic mass is 32.2. The molecule has 0 bridgehead atoms. The minimum absolute atomic E-state index is 0.101. The number of sulfonamides is 1. The summed E-state index contributed by atoms with van der Waals surface area (Å²) >= 11 is 0. The lowest BCUT2D eigenvalue weighted by atomic mass is 10.0. The number of hydrogen-bond acceptors (Lipinski definition) is 6. The number of carbonyl (C=O) groups is 1. The van der Waals surface area contributed by atoms with Gasteiger partial charge in [0.05, 0.1) is 16.6 Å². The van der Waals surface area contributed by atoms with Crippen LogP contribution >= 0.6 is 0 Å². The molecule has 2 amide bonds. The van der Waals surface area contributed by atoms with E-state index < -0.39 is 28.2 Å². The van der Waals surface area contributed by atoms with Crippen molar-refractivity contribution in [1.82, 2.24) is 19.8 Å². The Balaban J connectivity index is 1.28. The molecular formula is C27H27F3N6O4S. The zero-order valence-corrected chi connectivity index (χ0v) is 22.5. The van der Waals surface area contributed by atoms with Gasteiger partial charge in [-0.05, 0) is 73.5 Å². The quantitative estimate of drug-likeness (QED) is 0.214. The first-order valence-electron chi connectivity index (χ1n) is 12.8. The maximum absolute atomic E-state index is 13.1. The van der Waals surface area contributed by atoms with Crippen molar-refractivity contribution in [3.05, 3.63) is 66.9 Å². The van der Waals surface area contributed by atoms with Crippen molar-refractivity contribution in [1.29, 1.82) is 0 Å². The van der Waals surface area contributed by atoms with E-state index in [2.05, 4.69) is 35.2 Å². The number of H-pyrrole nitrogens is 1. The number of rotatable bonds is 9. The maximum Gasteiger partial charge on any atom is 0.573 e. The van der Waals surface area contributed by atoms with Gasteiger partial charge < -0.3 is 20.3 Å². The fraction of sp³-hybridized carbons (Fsp3) is 0.259. The lowest BCUT2D eigenvalue weighted by molar-refractivity contribution is -0.274. The SMILES string of the molecule is O=C(Nc1ccc(-c2cc(S(=O)(=O)NCCN3CCCC3)cc3[nH]ncc23)cc1)Nc1cccc(OC(F)(F)F)c1. The number of alkyl halides is 3. The Morgan fingerprint density at radius 3 is 2.46 bits per heavy atom. The molecule has 4 N–H and O–H groups in total. The molecule has 4 aromatic rings. The number of aromatic amines is 1. The van der Waals surface area contributed by atoms with Gasteiger partial charge in [0.1, 0.15) is 5.75 Å². The van der Waals surface area contributed by atoms with Crippen LogP contribution in [0.5, 0.6) is 5.75 Å². The number of halogens is 3. The fourth-order valence-corrected chi connectivity index (χ4v) is 5.72. The summed E-state index contributed by atoms with van der Waals surface area (Å²) in [6.07, 6.45) is -0.989. The van der Waals surface area contributed by atoms with Crippen LogP contribution in [0.15, 0.2) is 71.8 Å². The number of hydrogen-bond donors (Lipinski definition) is 4. The Bertz CT molecular complexity index is 1640. The van der Waals surface area contributed by atoms with E-state index in [1.807, 2.05) is 0 Å². The van der Waals surface area contributed by atoms with Crippen LogP contribution in [-0.2, 0) is 10.0 Å². The monoisotopic (exact) mass is 588 g/mol. The van der Waals surface area contributed by atoms with E-state index >= 15 is 0 Å². The van der Waals surface area contributed by atoms with Gasteiger partial charge in [-0.3, -0.25) is 5.10 Å². The van der Waals surface area contributed by atoms with Crippen LogP contribution in [0.3, 0.4) is 0 Å². The lowest BCUT2D eigenvalue weighted by Gasteiger charge is -2.15. The summed E-state index contributed by atoms with van der Waals surface area (Å²) in [5, 5.41) is 12.7. The van der Waals surface area contributed by atoms with E-state index in [4.69, 9.17) is 0 Å². The molecule has 1 aliphatic rings. The number of urea groups is 1. The van der Waals surface area contributed by atoms with Gasteiger partial charge in [0.2, 0.25) is 10.0 Å². The molecule has 10 nitrogen and oxygen atoms in total. The largest absolute Gasteiger partial charge is 0.573 e. The number of carbonyl (C=O) groups excluding carboxylic acids is 1. The number of aromatic nitrogens is 2. The van der Waals surface area contributed by atoms with E-state index in [0.717, 1.165) is 43.5 Å². The third-order valence-corrected chi connectivity index (χ3v) is 7.98. The molecule has 0 radical (unpaired) electrons. The molecule has 3 aromatic carbocycles. The summed E-state index contributed by atoms with van der Waals surface area (Å²) in [5.41, 5.74) is 2.39. The minimum atomic E-state index is -4.85. The first kappa shape index (κ1) is 28.4. The van der Waals surface area contributed by atoms with Crippen molar-refractivity contribution in [2.75, 3.05) is 36.8 Å². The highest BCUT2D eigenvalue weighted by Crippen LogP contribution is 2.32. The van der Waals surface area contributed by atoms with Gasteiger partial charge in [0, 0.05) is 35.9 Å². The van der Waals surface area contributed by atoms with Crippen LogP contribution in [0.2, 0.25) is 0 Å². The summed E-state index contributed by atoms with van der Waals surface area (Å²) in [6.45, 7) is 2.90. The minimum Gasteiger partial charge on any atom is -0.406 e. The van der Waals surface area contributed by atoms with Crippen molar-refractivity contribution in [3.8, 4) is 16.9 Å². The van der Waals surface area contributed by atoms with Gasteiger partial charge in [-0.1, -0.05) is 18.2 Å². The molecule has 1 aliphatic heterocycles. The Morgan fingerprint density at radius 2 is 1.73 bits per heavy atom. The van der Waals surface area contributed by atoms with Crippen LogP contribution in [0.1, 0.15) is 12.8 Å². The van der Waals surface area contributed by atoms with Gasteiger partial charge in [-0.15, -0.1) is 13.2 Å². The normalized spacial score (nSPS) is 14.3. The number of anilines is 2. The Hall–Kier alpha value is -4.14. The third-order valence-electron chi connectivity index (χ3n) is 6.54. The predicted molar refractivity (Wildman–Crippen MR) is 148 cm³/mol. The second-order valence-corrected chi connectivity index (χ2v) is 11.2. The van der Waals surface area contributed by atoms with Gasteiger partial charge in [-0.2, -0.15) is 5.10 Å². The Kier molecular flexibility index (Phi) is 8.15. The van der Waals surface area contributed by atoms with E-state index in [0.29, 0.717) is 35.4 Å². The molecule has 0 aliphatic carbocycles. The second-order valence-electron chi connectivity index (χ2n) is 9.48. The van der Waals surface area contributed by atoms with Crippen LogP contribution in [0.4, 0.5) is 29.3 Å². The van der Waals surface area contributed by atoms with Crippen molar-refractivity contribution in [3.63, 3.8) is 0 Å². The van der Waals surface area contributed by atoms with Crippen LogP contribution < -0.4 is 20.1 Å². The standard InChI is InChI=1S/C27H27F3N6O4S/c28-27(29,30)40-21-5-3-4-20(14-21)34-26(37)33-19-8-6-18(7-9-19)23-15-22(16-25-24(23)17-31-35-25)41(38,39)32-10-13-36-11-1-2-12-36/h3-9,14-17,32H,1-2,10-13H2,(H,31,35)(H2,33,34,37). The summed E-state index contributed by atoms with van der Waals surface area (Å²) in [5.74, 6) is -0.462. The van der Waals surface area contributed by atoms with Crippen molar-refractivity contribution in [2.24, 2.45) is 0 Å². The number of nitrogens with one attached hydrogen (secondary N) is 4. The smallest absolute Gasteiger partial charge is 0.406 e. The Morgan fingerprint density at radius 1 is 1.00 bits per heavy atom.